The van der Waals surface area contributed by atoms with Crippen molar-refractivity contribution in [2.45, 2.75) is 30.3 Å². The van der Waals surface area contributed by atoms with Gasteiger partial charge in [-0.1, -0.05) is 23.7 Å². The fourth-order valence-corrected chi connectivity index (χ4v) is 4.55. The molecule has 1 aliphatic carbocycles. The van der Waals surface area contributed by atoms with Crippen molar-refractivity contribution in [3.05, 3.63) is 94.5 Å². The van der Waals surface area contributed by atoms with E-state index in [2.05, 4.69) is 4.72 Å². The van der Waals surface area contributed by atoms with Gasteiger partial charge in [-0.3, -0.25) is 9.52 Å². The van der Waals surface area contributed by atoms with Crippen LogP contribution in [-0.4, -0.2) is 25.3 Å². The van der Waals surface area contributed by atoms with E-state index < -0.39 is 15.8 Å². The quantitative estimate of drug-likeness (QED) is 0.508. The van der Waals surface area contributed by atoms with Gasteiger partial charge in [0.25, 0.3) is 15.9 Å². The van der Waals surface area contributed by atoms with Crippen LogP contribution in [0.25, 0.3) is 0 Å². The summed E-state index contributed by atoms with van der Waals surface area (Å²) in [6.45, 7) is 0.309. The predicted octanol–water partition coefficient (Wildman–Crippen LogP) is 5.22. The average molecular weight is 477 g/mol. The zero-order chi connectivity index (χ0) is 22.9. The van der Waals surface area contributed by atoms with Gasteiger partial charge in [-0.2, -0.15) is 0 Å². The molecule has 0 spiro atoms. The maximum absolute atomic E-state index is 13.2. The van der Waals surface area contributed by atoms with Crippen molar-refractivity contribution < 1.29 is 22.0 Å². The molecule has 0 radical (unpaired) electrons. The number of rotatable bonds is 7. The monoisotopic (exact) mass is 476 g/mol. The highest BCUT2D eigenvalue weighted by atomic mass is 35.5. The highest BCUT2D eigenvalue weighted by Crippen LogP contribution is 2.32. The standard InChI is InChI=1S/C23H19ClF2N2O3S/c24-21-12-3-16(13-22(21)27-32(30,31)20-10-6-18(26)7-11-20)23(29)28(19-8-9-19)14-15-1-4-17(25)5-2-15/h1-7,10-13,19,27H,8-9,14H2. The molecule has 0 atom stereocenters. The minimum atomic E-state index is -4.03. The molecule has 0 heterocycles. The minimum absolute atomic E-state index is 0.0411. The SMILES string of the molecule is O=C(c1ccc(Cl)c(NS(=O)(=O)c2ccc(F)cc2)c1)N(Cc1ccc(F)cc1)C1CC1. The number of benzene rings is 3. The molecule has 32 heavy (non-hydrogen) atoms. The fraction of sp³-hybridized carbons (Fsp3) is 0.174. The van der Waals surface area contributed by atoms with Crippen LogP contribution in [0.3, 0.4) is 0 Å². The largest absolute Gasteiger partial charge is 0.331 e. The molecule has 0 bridgehead atoms. The Bertz CT molecular complexity index is 1250. The van der Waals surface area contributed by atoms with E-state index in [0.717, 1.165) is 42.7 Å². The summed E-state index contributed by atoms with van der Waals surface area (Å²) >= 11 is 6.17. The molecule has 3 aromatic carbocycles. The first-order valence-corrected chi connectivity index (χ1v) is 11.7. The molecule has 0 unspecified atom stereocenters. The number of carbonyl (C=O) groups excluding carboxylic acids is 1. The lowest BCUT2D eigenvalue weighted by Gasteiger charge is -2.23. The summed E-state index contributed by atoms with van der Waals surface area (Å²) in [6, 6.07) is 14.7. The number of halogens is 3. The second kappa shape index (κ2) is 8.88. The molecule has 3 aromatic rings. The normalized spacial score (nSPS) is 13.6. The van der Waals surface area contributed by atoms with Crippen molar-refractivity contribution in [3.63, 3.8) is 0 Å². The van der Waals surface area contributed by atoms with Gasteiger partial charge in [-0.15, -0.1) is 0 Å². The third-order valence-corrected chi connectivity index (χ3v) is 6.81. The third kappa shape index (κ3) is 5.08. The smallest absolute Gasteiger partial charge is 0.261 e. The molecule has 5 nitrogen and oxygen atoms in total. The molecule has 0 aliphatic heterocycles. The maximum atomic E-state index is 13.2. The summed E-state index contributed by atoms with van der Waals surface area (Å²) in [5.74, 6) is -1.19. The van der Waals surface area contributed by atoms with Crippen molar-refractivity contribution in [2.75, 3.05) is 4.72 Å². The molecule has 166 valence electrons. The summed E-state index contributed by atoms with van der Waals surface area (Å²) in [5, 5.41) is 0.115. The van der Waals surface area contributed by atoms with Crippen LogP contribution in [0.15, 0.2) is 71.6 Å². The number of carbonyl (C=O) groups is 1. The first kappa shape index (κ1) is 22.2. The van der Waals surface area contributed by atoms with Crippen LogP contribution in [0.1, 0.15) is 28.8 Å². The third-order valence-electron chi connectivity index (χ3n) is 5.10. The molecule has 0 aromatic heterocycles. The molecular formula is C23H19ClF2N2O3S. The number of anilines is 1. The molecule has 1 aliphatic rings. The first-order chi connectivity index (χ1) is 15.2. The Labute approximate surface area is 189 Å². The van der Waals surface area contributed by atoms with Gasteiger partial charge < -0.3 is 4.90 Å². The molecule has 1 N–H and O–H groups in total. The minimum Gasteiger partial charge on any atom is -0.331 e. The Morgan fingerprint density at radius 2 is 1.56 bits per heavy atom. The van der Waals surface area contributed by atoms with Gasteiger partial charge in [-0.05, 0) is 73.0 Å². The summed E-state index contributed by atoms with van der Waals surface area (Å²) in [5.41, 5.74) is 1.09. The molecule has 1 fully saturated rings. The van der Waals surface area contributed by atoms with Gasteiger partial charge >= 0.3 is 0 Å². The van der Waals surface area contributed by atoms with E-state index >= 15 is 0 Å². The molecule has 1 saturated carbocycles. The van der Waals surface area contributed by atoms with E-state index in [4.69, 9.17) is 11.6 Å². The van der Waals surface area contributed by atoms with E-state index in [1.807, 2.05) is 0 Å². The maximum Gasteiger partial charge on any atom is 0.261 e. The van der Waals surface area contributed by atoms with Crippen LogP contribution in [-0.2, 0) is 16.6 Å². The number of sulfonamides is 1. The highest BCUT2D eigenvalue weighted by molar-refractivity contribution is 7.92. The van der Waals surface area contributed by atoms with E-state index in [1.165, 1.54) is 30.3 Å². The molecule has 9 heteroatoms. The van der Waals surface area contributed by atoms with Crippen LogP contribution in [0.5, 0.6) is 0 Å². The zero-order valence-electron chi connectivity index (χ0n) is 16.8. The molecule has 0 saturated heterocycles. The van der Waals surface area contributed by atoms with Gasteiger partial charge in [-0.25, -0.2) is 17.2 Å². The van der Waals surface area contributed by atoms with Crippen molar-refractivity contribution in [1.82, 2.24) is 4.90 Å². The average Bonchev–Trinajstić information content (AvgIpc) is 3.60. The molecule has 4 rings (SSSR count). The van der Waals surface area contributed by atoms with E-state index in [0.29, 0.717) is 6.54 Å². The van der Waals surface area contributed by atoms with E-state index in [-0.39, 0.29) is 38.9 Å². The highest BCUT2D eigenvalue weighted by Gasteiger charge is 2.33. The fourth-order valence-electron chi connectivity index (χ4n) is 3.26. The van der Waals surface area contributed by atoms with Crippen LogP contribution in [0.2, 0.25) is 5.02 Å². The Kier molecular flexibility index (Phi) is 6.17. The molecular weight excluding hydrogens is 458 g/mol. The van der Waals surface area contributed by atoms with Crippen molar-refractivity contribution in [3.8, 4) is 0 Å². The van der Waals surface area contributed by atoms with Gasteiger partial charge in [0.05, 0.1) is 15.6 Å². The van der Waals surface area contributed by atoms with Crippen LogP contribution >= 0.6 is 11.6 Å². The van der Waals surface area contributed by atoms with Gasteiger partial charge in [0, 0.05) is 18.2 Å². The number of amides is 1. The Hall–Kier alpha value is -2.97. The van der Waals surface area contributed by atoms with Crippen molar-refractivity contribution in [2.24, 2.45) is 0 Å². The van der Waals surface area contributed by atoms with Crippen molar-refractivity contribution in [1.29, 1.82) is 0 Å². The molecule has 1 amide bonds. The van der Waals surface area contributed by atoms with Gasteiger partial charge in [0.2, 0.25) is 0 Å². The second-order valence-electron chi connectivity index (χ2n) is 7.54. The zero-order valence-corrected chi connectivity index (χ0v) is 18.3. The Morgan fingerprint density at radius 1 is 0.969 bits per heavy atom. The van der Waals surface area contributed by atoms with Gasteiger partial charge in [0.15, 0.2) is 0 Å². The summed E-state index contributed by atoms with van der Waals surface area (Å²) in [7, 11) is -4.03. The number of hydrogen-bond acceptors (Lipinski definition) is 3. The topological polar surface area (TPSA) is 66.5 Å². The number of hydrogen-bond donors (Lipinski definition) is 1. The van der Waals surface area contributed by atoms with Crippen LogP contribution in [0.4, 0.5) is 14.5 Å². The van der Waals surface area contributed by atoms with Crippen LogP contribution < -0.4 is 4.72 Å². The summed E-state index contributed by atoms with van der Waals surface area (Å²) in [4.78, 5) is 14.8. The number of nitrogens with zero attached hydrogens (tertiary/aromatic N) is 1. The number of nitrogens with one attached hydrogen (secondary N) is 1. The van der Waals surface area contributed by atoms with E-state index in [1.54, 1.807) is 17.0 Å². The second-order valence-corrected chi connectivity index (χ2v) is 9.63. The Morgan fingerprint density at radius 3 is 2.16 bits per heavy atom. The lowest BCUT2D eigenvalue weighted by molar-refractivity contribution is 0.0730. The summed E-state index contributed by atoms with van der Waals surface area (Å²) < 4.78 is 54.0. The van der Waals surface area contributed by atoms with Gasteiger partial charge in [0.1, 0.15) is 11.6 Å². The lowest BCUT2D eigenvalue weighted by atomic mass is 10.1. The first-order valence-electron chi connectivity index (χ1n) is 9.86. The van der Waals surface area contributed by atoms with Crippen LogP contribution in [0, 0.1) is 11.6 Å². The van der Waals surface area contributed by atoms with E-state index in [9.17, 15) is 22.0 Å². The van der Waals surface area contributed by atoms with Crippen molar-refractivity contribution >= 4 is 33.2 Å². The Balaban J connectivity index is 1.58. The summed E-state index contributed by atoms with van der Waals surface area (Å²) in [6.07, 6.45) is 1.73. The lowest BCUT2D eigenvalue weighted by Crippen LogP contribution is -2.32. The predicted molar refractivity (Wildman–Crippen MR) is 118 cm³/mol.